The smallest absolute Gasteiger partial charge is 0.140 e. The summed E-state index contributed by atoms with van der Waals surface area (Å²) in [7, 11) is 0. The third kappa shape index (κ3) is 4.52. The third-order valence-electron chi connectivity index (χ3n) is 3.23. The normalized spacial score (nSPS) is 12.4. The van der Waals surface area contributed by atoms with Crippen LogP contribution in [0.5, 0.6) is 0 Å². The van der Waals surface area contributed by atoms with E-state index in [1.807, 2.05) is 6.92 Å². The Bertz CT molecular complexity index is 403. The molecular formula is C15H20BrFO. The fourth-order valence-corrected chi connectivity index (χ4v) is 2.37. The Morgan fingerprint density at radius 1 is 1.39 bits per heavy atom. The highest BCUT2D eigenvalue weighted by atomic mass is 79.9. The van der Waals surface area contributed by atoms with Gasteiger partial charge < -0.3 is 0 Å². The molecule has 0 bridgehead atoms. The van der Waals surface area contributed by atoms with Crippen molar-refractivity contribution >= 4 is 21.7 Å². The van der Waals surface area contributed by atoms with Crippen LogP contribution in [0, 0.1) is 11.7 Å². The van der Waals surface area contributed by atoms with Crippen molar-refractivity contribution in [3.63, 3.8) is 0 Å². The average molecular weight is 315 g/mol. The summed E-state index contributed by atoms with van der Waals surface area (Å²) < 4.78 is 14.4. The van der Waals surface area contributed by atoms with E-state index in [1.165, 1.54) is 6.07 Å². The molecule has 0 fully saturated rings. The molecule has 0 amide bonds. The molecule has 18 heavy (non-hydrogen) atoms. The van der Waals surface area contributed by atoms with E-state index in [9.17, 15) is 9.18 Å². The van der Waals surface area contributed by atoms with Crippen LogP contribution in [-0.4, -0.2) is 5.78 Å². The van der Waals surface area contributed by atoms with Gasteiger partial charge >= 0.3 is 0 Å². The number of hydrogen-bond acceptors (Lipinski definition) is 1. The maximum absolute atomic E-state index is 13.6. The van der Waals surface area contributed by atoms with Crippen molar-refractivity contribution in [1.82, 2.24) is 0 Å². The predicted octanol–water partition coefficient (Wildman–Crippen LogP) is 4.92. The average Bonchev–Trinajstić information content (AvgIpc) is 2.34. The topological polar surface area (TPSA) is 17.1 Å². The highest BCUT2D eigenvalue weighted by Gasteiger charge is 2.17. The van der Waals surface area contributed by atoms with Crippen molar-refractivity contribution < 1.29 is 9.18 Å². The van der Waals surface area contributed by atoms with Crippen LogP contribution >= 0.6 is 15.9 Å². The SMILES string of the molecule is CCCCC(CC)C(=O)Cc1ccc(Br)cc1F. The Morgan fingerprint density at radius 2 is 2.11 bits per heavy atom. The van der Waals surface area contributed by atoms with Crippen LogP contribution in [0.1, 0.15) is 45.1 Å². The molecule has 1 aromatic rings. The Morgan fingerprint density at radius 3 is 2.67 bits per heavy atom. The first-order chi connectivity index (χ1) is 8.58. The lowest BCUT2D eigenvalue weighted by atomic mass is 9.91. The Balaban J connectivity index is 2.67. The third-order valence-corrected chi connectivity index (χ3v) is 3.73. The summed E-state index contributed by atoms with van der Waals surface area (Å²) in [6.45, 7) is 4.14. The molecule has 3 heteroatoms. The van der Waals surface area contributed by atoms with Gasteiger partial charge in [-0.15, -0.1) is 0 Å². The van der Waals surface area contributed by atoms with Gasteiger partial charge in [-0.05, 0) is 30.5 Å². The minimum Gasteiger partial charge on any atom is -0.299 e. The molecule has 0 heterocycles. The van der Waals surface area contributed by atoms with Gasteiger partial charge in [-0.2, -0.15) is 0 Å². The number of hydrogen-bond donors (Lipinski definition) is 0. The molecule has 0 aliphatic rings. The summed E-state index contributed by atoms with van der Waals surface area (Å²) in [4.78, 5) is 12.1. The maximum atomic E-state index is 13.6. The van der Waals surface area contributed by atoms with Gasteiger partial charge in [0.05, 0.1) is 0 Å². The number of Topliss-reactive ketones (excluding diaryl/α,β-unsaturated/α-hetero) is 1. The molecule has 100 valence electrons. The lowest BCUT2D eigenvalue weighted by Gasteiger charge is -2.13. The molecule has 0 aromatic heterocycles. The molecule has 0 aliphatic heterocycles. The van der Waals surface area contributed by atoms with Gasteiger partial charge in [0, 0.05) is 16.8 Å². The fraction of sp³-hybridized carbons (Fsp3) is 0.533. The van der Waals surface area contributed by atoms with Gasteiger partial charge in [0.15, 0.2) is 0 Å². The predicted molar refractivity (Wildman–Crippen MR) is 76.1 cm³/mol. The van der Waals surface area contributed by atoms with E-state index in [2.05, 4.69) is 22.9 Å². The number of halogens is 2. The van der Waals surface area contributed by atoms with Crippen molar-refractivity contribution in [3.05, 3.63) is 34.1 Å². The summed E-state index contributed by atoms with van der Waals surface area (Å²) in [6, 6.07) is 4.87. The van der Waals surface area contributed by atoms with Crippen molar-refractivity contribution in [2.45, 2.75) is 46.0 Å². The summed E-state index contributed by atoms with van der Waals surface area (Å²) in [5.74, 6) is -0.0664. The number of carbonyl (C=O) groups excluding carboxylic acids is 1. The molecule has 0 N–H and O–H groups in total. The zero-order chi connectivity index (χ0) is 13.5. The molecule has 0 spiro atoms. The minimum atomic E-state index is -0.303. The van der Waals surface area contributed by atoms with Crippen LogP contribution in [0.25, 0.3) is 0 Å². The molecule has 1 nitrogen and oxygen atoms in total. The zero-order valence-electron chi connectivity index (χ0n) is 11.0. The van der Waals surface area contributed by atoms with E-state index in [0.29, 0.717) is 10.0 Å². The molecule has 0 aliphatic carbocycles. The number of unbranched alkanes of at least 4 members (excludes halogenated alkanes) is 1. The summed E-state index contributed by atoms with van der Waals surface area (Å²) in [6.07, 6.45) is 4.13. The second-order valence-electron chi connectivity index (χ2n) is 4.63. The Labute approximate surface area is 117 Å². The standard InChI is InChI=1S/C15H20BrFO/c1-3-5-6-11(4-2)15(18)9-12-7-8-13(16)10-14(12)17/h7-8,10-11H,3-6,9H2,1-2H3. The lowest BCUT2D eigenvalue weighted by molar-refractivity contribution is -0.122. The van der Waals surface area contributed by atoms with E-state index in [-0.39, 0.29) is 23.9 Å². The first-order valence-corrected chi connectivity index (χ1v) is 7.34. The van der Waals surface area contributed by atoms with Gasteiger partial charge in [0.1, 0.15) is 11.6 Å². The first-order valence-electron chi connectivity index (χ1n) is 6.55. The minimum absolute atomic E-state index is 0.0768. The number of ketones is 1. The molecular weight excluding hydrogens is 295 g/mol. The van der Waals surface area contributed by atoms with Crippen LogP contribution in [0.4, 0.5) is 4.39 Å². The van der Waals surface area contributed by atoms with Crippen LogP contribution in [0.3, 0.4) is 0 Å². The number of carbonyl (C=O) groups is 1. The first kappa shape index (κ1) is 15.4. The van der Waals surface area contributed by atoms with Crippen LogP contribution < -0.4 is 0 Å². The van der Waals surface area contributed by atoms with Gasteiger partial charge in [-0.1, -0.05) is 48.7 Å². The van der Waals surface area contributed by atoms with Crippen molar-refractivity contribution in [2.75, 3.05) is 0 Å². The van der Waals surface area contributed by atoms with Gasteiger partial charge in [0.2, 0.25) is 0 Å². The molecule has 0 radical (unpaired) electrons. The van der Waals surface area contributed by atoms with Gasteiger partial charge in [-0.3, -0.25) is 4.79 Å². The van der Waals surface area contributed by atoms with Crippen LogP contribution in [0.2, 0.25) is 0 Å². The van der Waals surface area contributed by atoms with E-state index < -0.39 is 0 Å². The van der Waals surface area contributed by atoms with Crippen molar-refractivity contribution in [1.29, 1.82) is 0 Å². The summed E-state index contributed by atoms with van der Waals surface area (Å²) in [5.41, 5.74) is 0.498. The summed E-state index contributed by atoms with van der Waals surface area (Å²) >= 11 is 3.21. The fourth-order valence-electron chi connectivity index (χ4n) is 2.04. The second kappa shape index (κ2) is 7.67. The Kier molecular flexibility index (Phi) is 6.55. The van der Waals surface area contributed by atoms with E-state index >= 15 is 0 Å². The zero-order valence-corrected chi connectivity index (χ0v) is 12.6. The highest BCUT2D eigenvalue weighted by Crippen LogP contribution is 2.20. The highest BCUT2D eigenvalue weighted by molar-refractivity contribution is 9.10. The van der Waals surface area contributed by atoms with Crippen LogP contribution in [-0.2, 0) is 11.2 Å². The molecule has 0 saturated heterocycles. The van der Waals surface area contributed by atoms with E-state index in [4.69, 9.17) is 0 Å². The molecule has 0 saturated carbocycles. The van der Waals surface area contributed by atoms with E-state index in [0.717, 1.165) is 25.7 Å². The number of benzene rings is 1. The summed E-state index contributed by atoms with van der Waals surface area (Å²) in [5, 5.41) is 0. The number of rotatable bonds is 7. The largest absolute Gasteiger partial charge is 0.299 e. The van der Waals surface area contributed by atoms with Crippen molar-refractivity contribution in [3.8, 4) is 0 Å². The van der Waals surface area contributed by atoms with Gasteiger partial charge in [0.25, 0.3) is 0 Å². The molecule has 1 rings (SSSR count). The Hall–Kier alpha value is -0.700. The van der Waals surface area contributed by atoms with Crippen molar-refractivity contribution in [2.24, 2.45) is 5.92 Å². The quantitative estimate of drug-likeness (QED) is 0.698. The van der Waals surface area contributed by atoms with Crippen LogP contribution in [0.15, 0.2) is 22.7 Å². The molecule has 1 unspecified atom stereocenters. The second-order valence-corrected chi connectivity index (χ2v) is 5.54. The molecule has 1 atom stereocenters. The maximum Gasteiger partial charge on any atom is 0.140 e. The molecule has 1 aromatic carbocycles. The van der Waals surface area contributed by atoms with Gasteiger partial charge in [-0.25, -0.2) is 4.39 Å². The lowest BCUT2D eigenvalue weighted by Crippen LogP contribution is -2.16. The monoisotopic (exact) mass is 314 g/mol. The van der Waals surface area contributed by atoms with E-state index in [1.54, 1.807) is 12.1 Å².